The third-order valence-electron chi connectivity index (χ3n) is 4.94. The number of hydrogen-bond donors (Lipinski definition) is 2. The minimum atomic E-state index is -0.729. The van der Waals surface area contributed by atoms with Gasteiger partial charge >= 0.3 is 0 Å². The van der Waals surface area contributed by atoms with Crippen LogP contribution in [-0.2, 0) is 9.59 Å². The lowest BCUT2D eigenvalue weighted by Gasteiger charge is -2.15. The van der Waals surface area contributed by atoms with Crippen LogP contribution in [0.5, 0.6) is 5.75 Å². The standard InChI is InChI=1S/C24H16Cl2FN3O4/c1-34-19-11-4-14(25)12-18(19)29-22(31)13-2-7-16(8-3-13)28-21-20(26)23(32)30(24(21)33)17-9-5-15(27)6-10-17/h2-12,28H,1H3,(H,29,31). The number of rotatable bonds is 6. The lowest BCUT2D eigenvalue weighted by molar-refractivity contribution is -0.120. The molecule has 3 amide bonds. The van der Waals surface area contributed by atoms with E-state index in [1.165, 1.54) is 31.4 Å². The van der Waals surface area contributed by atoms with E-state index >= 15 is 0 Å². The molecule has 2 N–H and O–H groups in total. The highest BCUT2D eigenvalue weighted by Gasteiger charge is 2.38. The van der Waals surface area contributed by atoms with Gasteiger partial charge in [0.25, 0.3) is 17.7 Å². The minimum Gasteiger partial charge on any atom is -0.495 e. The fourth-order valence-electron chi connectivity index (χ4n) is 3.26. The normalized spacial score (nSPS) is 13.4. The van der Waals surface area contributed by atoms with E-state index in [2.05, 4.69) is 10.6 Å². The van der Waals surface area contributed by atoms with Gasteiger partial charge in [-0.05, 0) is 66.7 Å². The van der Waals surface area contributed by atoms with E-state index in [-0.39, 0.29) is 16.4 Å². The number of methoxy groups -OCH3 is 1. The van der Waals surface area contributed by atoms with E-state index in [9.17, 15) is 18.8 Å². The number of hydrogen-bond acceptors (Lipinski definition) is 5. The highest BCUT2D eigenvalue weighted by atomic mass is 35.5. The number of nitrogens with one attached hydrogen (secondary N) is 2. The summed E-state index contributed by atoms with van der Waals surface area (Å²) in [5.74, 6) is -1.87. The summed E-state index contributed by atoms with van der Waals surface area (Å²) in [4.78, 5) is 38.8. The topological polar surface area (TPSA) is 87.7 Å². The quantitative estimate of drug-likeness (QED) is 0.456. The Morgan fingerprint density at radius 2 is 1.62 bits per heavy atom. The van der Waals surface area contributed by atoms with Crippen LogP contribution in [-0.4, -0.2) is 24.8 Å². The van der Waals surface area contributed by atoms with Crippen molar-refractivity contribution in [1.29, 1.82) is 0 Å². The van der Waals surface area contributed by atoms with Crippen molar-refractivity contribution in [2.24, 2.45) is 0 Å². The molecule has 1 heterocycles. The van der Waals surface area contributed by atoms with Gasteiger partial charge in [-0.15, -0.1) is 0 Å². The summed E-state index contributed by atoms with van der Waals surface area (Å²) >= 11 is 12.1. The molecule has 3 aromatic carbocycles. The lowest BCUT2D eigenvalue weighted by Crippen LogP contribution is -2.32. The van der Waals surface area contributed by atoms with Crippen LogP contribution >= 0.6 is 23.2 Å². The number of benzene rings is 3. The third kappa shape index (κ3) is 4.59. The SMILES string of the molecule is COc1ccc(Cl)cc1NC(=O)c1ccc(NC2=C(Cl)C(=O)N(c3ccc(F)cc3)C2=O)cc1. The molecule has 0 radical (unpaired) electrons. The average molecular weight is 500 g/mol. The van der Waals surface area contributed by atoms with Crippen LogP contribution in [0.25, 0.3) is 0 Å². The second-order valence-electron chi connectivity index (χ2n) is 7.11. The molecule has 0 fully saturated rings. The molecular weight excluding hydrogens is 484 g/mol. The maximum atomic E-state index is 13.2. The number of ether oxygens (including phenoxy) is 1. The fraction of sp³-hybridized carbons (Fsp3) is 0.0417. The van der Waals surface area contributed by atoms with Crippen LogP contribution in [0.3, 0.4) is 0 Å². The van der Waals surface area contributed by atoms with Crippen molar-refractivity contribution in [2.45, 2.75) is 0 Å². The predicted octanol–water partition coefficient (Wildman–Crippen LogP) is 5.18. The number of anilines is 3. The molecule has 10 heteroatoms. The summed E-state index contributed by atoms with van der Waals surface area (Å²) in [5.41, 5.74) is 1.23. The van der Waals surface area contributed by atoms with Crippen molar-refractivity contribution in [3.63, 3.8) is 0 Å². The molecule has 0 saturated carbocycles. The summed E-state index contributed by atoms with van der Waals surface area (Å²) in [6.45, 7) is 0. The molecule has 0 atom stereocenters. The molecule has 1 aliphatic rings. The first-order chi connectivity index (χ1) is 16.3. The van der Waals surface area contributed by atoms with E-state index in [1.807, 2.05) is 0 Å². The Labute approximate surface area is 203 Å². The van der Waals surface area contributed by atoms with Crippen LogP contribution in [0, 0.1) is 5.82 Å². The second kappa shape index (κ2) is 9.54. The first-order valence-electron chi connectivity index (χ1n) is 9.84. The zero-order valence-corrected chi connectivity index (χ0v) is 19.1. The van der Waals surface area contributed by atoms with Gasteiger partial charge in [-0.3, -0.25) is 14.4 Å². The first-order valence-corrected chi connectivity index (χ1v) is 10.6. The summed E-state index contributed by atoms with van der Waals surface area (Å²) in [6.07, 6.45) is 0. The molecule has 0 spiro atoms. The number of halogens is 3. The van der Waals surface area contributed by atoms with Crippen LogP contribution in [0.1, 0.15) is 10.4 Å². The molecule has 172 valence electrons. The lowest BCUT2D eigenvalue weighted by atomic mass is 10.1. The Morgan fingerprint density at radius 1 is 0.941 bits per heavy atom. The molecule has 1 aliphatic heterocycles. The number of amides is 3. The van der Waals surface area contributed by atoms with Gasteiger partial charge in [0.05, 0.1) is 18.5 Å². The maximum absolute atomic E-state index is 13.2. The van der Waals surface area contributed by atoms with E-state index in [1.54, 1.807) is 30.3 Å². The number of nitrogens with zero attached hydrogens (tertiary/aromatic N) is 1. The first kappa shape index (κ1) is 23.3. The Morgan fingerprint density at radius 3 is 2.26 bits per heavy atom. The summed E-state index contributed by atoms with van der Waals surface area (Å²) in [6, 6.07) is 15.9. The molecule has 0 unspecified atom stereocenters. The Bertz CT molecular complexity index is 1330. The van der Waals surface area contributed by atoms with Crippen molar-refractivity contribution in [3.8, 4) is 5.75 Å². The Balaban J connectivity index is 1.49. The highest BCUT2D eigenvalue weighted by Crippen LogP contribution is 2.31. The third-order valence-corrected chi connectivity index (χ3v) is 5.52. The van der Waals surface area contributed by atoms with Crippen molar-refractivity contribution < 1.29 is 23.5 Å². The summed E-state index contributed by atoms with van der Waals surface area (Å²) < 4.78 is 18.4. The zero-order chi connectivity index (χ0) is 24.4. The van der Waals surface area contributed by atoms with Crippen LogP contribution in [0.15, 0.2) is 77.5 Å². The van der Waals surface area contributed by atoms with Gasteiger partial charge in [-0.25, -0.2) is 9.29 Å². The van der Waals surface area contributed by atoms with Crippen LogP contribution < -0.4 is 20.3 Å². The predicted molar refractivity (Wildman–Crippen MR) is 128 cm³/mol. The molecule has 7 nitrogen and oxygen atoms in total. The summed E-state index contributed by atoms with van der Waals surface area (Å²) in [5, 5.41) is 5.68. The van der Waals surface area contributed by atoms with Crippen molar-refractivity contribution in [1.82, 2.24) is 0 Å². The molecular formula is C24H16Cl2FN3O4. The highest BCUT2D eigenvalue weighted by molar-refractivity contribution is 6.53. The Kier molecular flexibility index (Phi) is 6.54. The van der Waals surface area contributed by atoms with Gasteiger partial charge in [0.1, 0.15) is 22.3 Å². The van der Waals surface area contributed by atoms with Crippen LogP contribution in [0.4, 0.5) is 21.5 Å². The van der Waals surface area contributed by atoms with Gasteiger partial charge in [-0.1, -0.05) is 23.2 Å². The number of carbonyl (C=O) groups is 3. The van der Waals surface area contributed by atoms with Gasteiger partial charge < -0.3 is 15.4 Å². The van der Waals surface area contributed by atoms with Gasteiger partial charge in [0, 0.05) is 16.3 Å². The van der Waals surface area contributed by atoms with E-state index < -0.39 is 23.5 Å². The zero-order valence-electron chi connectivity index (χ0n) is 17.6. The second-order valence-corrected chi connectivity index (χ2v) is 7.93. The van der Waals surface area contributed by atoms with E-state index in [0.717, 1.165) is 17.0 Å². The van der Waals surface area contributed by atoms with Crippen LogP contribution in [0.2, 0.25) is 5.02 Å². The number of imide groups is 1. The molecule has 34 heavy (non-hydrogen) atoms. The fourth-order valence-corrected chi connectivity index (χ4v) is 3.64. The Hall–Kier alpha value is -3.88. The van der Waals surface area contributed by atoms with Gasteiger partial charge in [0.2, 0.25) is 0 Å². The van der Waals surface area contributed by atoms with Gasteiger partial charge in [0.15, 0.2) is 0 Å². The monoisotopic (exact) mass is 499 g/mol. The maximum Gasteiger partial charge on any atom is 0.283 e. The van der Waals surface area contributed by atoms with Crippen molar-refractivity contribution >= 4 is 58.0 Å². The van der Waals surface area contributed by atoms with E-state index in [4.69, 9.17) is 27.9 Å². The molecule has 0 aromatic heterocycles. The minimum absolute atomic E-state index is 0.128. The number of carbonyl (C=O) groups excluding carboxylic acids is 3. The van der Waals surface area contributed by atoms with Crippen molar-refractivity contribution in [2.75, 3.05) is 22.6 Å². The molecule has 0 saturated heterocycles. The van der Waals surface area contributed by atoms with Crippen molar-refractivity contribution in [3.05, 3.63) is 93.9 Å². The smallest absolute Gasteiger partial charge is 0.283 e. The molecule has 4 rings (SSSR count). The molecule has 0 aliphatic carbocycles. The largest absolute Gasteiger partial charge is 0.495 e. The van der Waals surface area contributed by atoms with Gasteiger partial charge in [-0.2, -0.15) is 0 Å². The average Bonchev–Trinajstić information content (AvgIpc) is 3.03. The molecule has 0 bridgehead atoms. The summed E-state index contributed by atoms with van der Waals surface area (Å²) in [7, 11) is 1.48. The molecule has 3 aromatic rings. The van der Waals surface area contributed by atoms with E-state index in [0.29, 0.717) is 27.7 Å².